The molecule has 0 aromatic heterocycles. The molecule has 52 valence electrons. The summed E-state index contributed by atoms with van der Waals surface area (Å²) in [6.07, 6.45) is 1.56. The second-order valence-corrected chi connectivity index (χ2v) is 1.76. The molecular weight excluding hydrogens is 112 g/mol. The van der Waals surface area contributed by atoms with Crippen LogP contribution in [0.3, 0.4) is 0 Å². The van der Waals surface area contributed by atoms with Gasteiger partial charge in [-0.1, -0.05) is 6.58 Å². The largest absolute Gasteiger partial charge is 0.358 e. The van der Waals surface area contributed by atoms with Gasteiger partial charge in [-0.15, -0.1) is 0 Å². The number of likely N-dealkylation sites (N-methyl/N-ethyl adjacent to an activating group) is 1. The molecule has 0 heterocycles. The summed E-state index contributed by atoms with van der Waals surface area (Å²) in [5.74, 6) is 0.514. The normalized spacial score (nSPS) is 8.67. The van der Waals surface area contributed by atoms with Crippen molar-refractivity contribution in [3.63, 3.8) is 0 Å². The first kappa shape index (κ1) is 8.21. The molecule has 0 aliphatic rings. The third kappa shape index (κ3) is 2.31. The molecule has 0 saturated heterocycles. The lowest BCUT2D eigenvalue weighted by molar-refractivity contribution is 0.465. The molecule has 0 bridgehead atoms. The lowest BCUT2D eigenvalue weighted by Gasteiger charge is -2.18. The first-order valence-electron chi connectivity index (χ1n) is 3.22. The molecule has 0 aliphatic carbocycles. The van der Waals surface area contributed by atoms with Crippen LogP contribution in [-0.2, 0) is 0 Å². The van der Waals surface area contributed by atoms with Crippen LogP contribution in [0.4, 0.5) is 0 Å². The van der Waals surface area contributed by atoms with Gasteiger partial charge in [0, 0.05) is 13.1 Å². The minimum Gasteiger partial charge on any atom is -0.358 e. The quantitative estimate of drug-likeness (QED) is 0.450. The summed E-state index contributed by atoms with van der Waals surface area (Å²) in [6, 6.07) is 0. The van der Waals surface area contributed by atoms with Crippen LogP contribution < -0.4 is 0 Å². The van der Waals surface area contributed by atoms with Gasteiger partial charge in [0.25, 0.3) is 0 Å². The fourth-order valence-corrected chi connectivity index (χ4v) is 0.693. The van der Waals surface area contributed by atoms with E-state index in [9.17, 15) is 0 Å². The SMILES string of the molecule is C=CC(=N)N(CC)CC. The summed E-state index contributed by atoms with van der Waals surface area (Å²) in [4.78, 5) is 1.94. The first-order chi connectivity index (χ1) is 4.26. The van der Waals surface area contributed by atoms with Crippen LogP contribution in [0, 0.1) is 5.41 Å². The smallest absolute Gasteiger partial charge is 0.119 e. The average molecular weight is 126 g/mol. The Balaban J connectivity index is 3.78. The van der Waals surface area contributed by atoms with Gasteiger partial charge >= 0.3 is 0 Å². The highest BCUT2D eigenvalue weighted by Crippen LogP contribution is 1.88. The fourth-order valence-electron chi connectivity index (χ4n) is 0.693. The number of hydrogen-bond donors (Lipinski definition) is 1. The van der Waals surface area contributed by atoms with Crippen molar-refractivity contribution in [3.8, 4) is 0 Å². The summed E-state index contributed by atoms with van der Waals surface area (Å²) >= 11 is 0. The van der Waals surface area contributed by atoms with E-state index in [1.165, 1.54) is 0 Å². The van der Waals surface area contributed by atoms with E-state index in [0.717, 1.165) is 13.1 Å². The van der Waals surface area contributed by atoms with Crippen molar-refractivity contribution in [3.05, 3.63) is 12.7 Å². The molecule has 0 unspecified atom stereocenters. The van der Waals surface area contributed by atoms with E-state index in [4.69, 9.17) is 5.41 Å². The van der Waals surface area contributed by atoms with Gasteiger partial charge in [-0.25, -0.2) is 0 Å². The zero-order valence-electron chi connectivity index (χ0n) is 6.15. The molecule has 1 N–H and O–H groups in total. The van der Waals surface area contributed by atoms with E-state index < -0.39 is 0 Å². The Morgan fingerprint density at radius 1 is 1.56 bits per heavy atom. The van der Waals surface area contributed by atoms with Gasteiger partial charge in [0.05, 0.1) is 0 Å². The van der Waals surface area contributed by atoms with Crippen LogP contribution in [0.2, 0.25) is 0 Å². The highest BCUT2D eigenvalue weighted by atomic mass is 15.1. The molecular formula is C7H14N2. The molecule has 2 nitrogen and oxygen atoms in total. The molecule has 0 rings (SSSR count). The topological polar surface area (TPSA) is 27.1 Å². The third-order valence-corrected chi connectivity index (χ3v) is 1.30. The van der Waals surface area contributed by atoms with Crippen LogP contribution in [-0.4, -0.2) is 23.8 Å². The molecule has 2 heteroatoms. The number of nitrogens with one attached hydrogen (secondary N) is 1. The third-order valence-electron chi connectivity index (χ3n) is 1.30. The van der Waals surface area contributed by atoms with E-state index in [-0.39, 0.29) is 0 Å². The number of hydrogen-bond acceptors (Lipinski definition) is 1. The van der Waals surface area contributed by atoms with Gasteiger partial charge in [-0.05, 0) is 19.9 Å². The minimum absolute atomic E-state index is 0.514. The molecule has 0 atom stereocenters. The van der Waals surface area contributed by atoms with E-state index in [1.54, 1.807) is 6.08 Å². The van der Waals surface area contributed by atoms with Crippen molar-refractivity contribution in [2.45, 2.75) is 13.8 Å². The van der Waals surface area contributed by atoms with Gasteiger partial charge in [-0.2, -0.15) is 0 Å². The predicted molar refractivity (Wildman–Crippen MR) is 40.8 cm³/mol. The lowest BCUT2D eigenvalue weighted by Crippen LogP contribution is -2.27. The molecule has 0 fully saturated rings. The summed E-state index contributed by atoms with van der Waals surface area (Å²) < 4.78 is 0. The maximum atomic E-state index is 7.30. The zero-order chi connectivity index (χ0) is 7.28. The molecule has 0 spiro atoms. The van der Waals surface area contributed by atoms with Crippen molar-refractivity contribution >= 4 is 5.84 Å². The van der Waals surface area contributed by atoms with Crippen molar-refractivity contribution < 1.29 is 0 Å². The Kier molecular flexibility index (Phi) is 3.76. The summed E-state index contributed by atoms with van der Waals surface area (Å²) in [6.45, 7) is 9.35. The molecule has 0 saturated carbocycles. The van der Waals surface area contributed by atoms with Gasteiger partial charge in [0.15, 0.2) is 0 Å². The number of amidine groups is 1. The van der Waals surface area contributed by atoms with E-state index in [0.29, 0.717) is 5.84 Å². The Bertz CT molecular complexity index is 103. The zero-order valence-corrected chi connectivity index (χ0v) is 6.15. The van der Waals surface area contributed by atoms with Gasteiger partial charge in [0.2, 0.25) is 0 Å². The molecule has 0 aromatic carbocycles. The lowest BCUT2D eigenvalue weighted by atomic mass is 10.4. The molecule has 0 radical (unpaired) electrons. The Hall–Kier alpha value is -0.790. The van der Waals surface area contributed by atoms with Crippen LogP contribution in [0.25, 0.3) is 0 Å². The Morgan fingerprint density at radius 2 is 2.00 bits per heavy atom. The molecule has 0 aliphatic heterocycles. The highest BCUT2D eigenvalue weighted by Gasteiger charge is 1.97. The van der Waals surface area contributed by atoms with Crippen LogP contribution >= 0.6 is 0 Å². The first-order valence-corrected chi connectivity index (χ1v) is 3.22. The van der Waals surface area contributed by atoms with Crippen molar-refractivity contribution in [1.82, 2.24) is 4.90 Å². The summed E-state index contributed by atoms with van der Waals surface area (Å²) in [7, 11) is 0. The Morgan fingerprint density at radius 3 is 2.11 bits per heavy atom. The van der Waals surface area contributed by atoms with Gasteiger partial charge in [-0.3, -0.25) is 5.41 Å². The van der Waals surface area contributed by atoms with Crippen molar-refractivity contribution in [2.24, 2.45) is 0 Å². The average Bonchev–Trinajstić information content (AvgIpc) is 1.90. The van der Waals surface area contributed by atoms with Gasteiger partial charge in [0.1, 0.15) is 5.84 Å². The minimum atomic E-state index is 0.514. The highest BCUT2D eigenvalue weighted by molar-refractivity contribution is 5.89. The number of rotatable bonds is 3. The molecule has 0 aromatic rings. The van der Waals surface area contributed by atoms with Crippen molar-refractivity contribution in [1.29, 1.82) is 5.41 Å². The molecule has 0 amide bonds. The van der Waals surface area contributed by atoms with Crippen LogP contribution in [0.1, 0.15) is 13.8 Å². The van der Waals surface area contributed by atoms with E-state index >= 15 is 0 Å². The second-order valence-electron chi connectivity index (χ2n) is 1.76. The van der Waals surface area contributed by atoms with E-state index in [2.05, 4.69) is 6.58 Å². The van der Waals surface area contributed by atoms with Crippen LogP contribution in [0.15, 0.2) is 12.7 Å². The second kappa shape index (κ2) is 4.13. The summed E-state index contributed by atoms with van der Waals surface area (Å²) in [5, 5.41) is 7.30. The van der Waals surface area contributed by atoms with Crippen LogP contribution in [0.5, 0.6) is 0 Å². The van der Waals surface area contributed by atoms with Crippen molar-refractivity contribution in [2.75, 3.05) is 13.1 Å². The van der Waals surface area contributed by atoms with Gasteiger partial charge < -0.3 is 4.90 Å². The monoisotopic (exact) mass is 126 g/mol. The molecule has 9 heavy (non-hydrogen) atoms. The fraction of sp³-hybridized carbons (Fsp3) is 0.571. The maximum absolute atomic E-state index is 7.30. The maximum Gasteiger partial charge on any atom is 0.119 e. The summed E-state index contributed by atoms with van der Waals surface area (Å²) in [5.41, 5.74) is 0. The van der Waals surface area contributed by atoms with E-state index in [1.807, 2.05) is 18.7 Å². The number of nitrogens with zero attached hydrogens (tertiary/aromatic N) is 1. The standard InChI is InChI=1S/C7H14N2/c1-4-7(8)9(5-2)6-3/h4,8H,1,5-6H2,2-3H3. The predicted octanol–water partition coefficient (Wildman–Crippen LogP) is 1.49. The Labute approximate surface area is 56.7 Å².